The maximum absolute atomic E-state index is 12.0. The van der Waals surface area contributed by atoms with Crippen LogP contribution in [0.3, 0.4) is 0 Å². The SMILES string of the molecule is CC(=C/C(=O)c1ccc[nH]1)/C=C/C(O)[C@@]1(C)CC[C@H](C(C)(C)O)O1. The fourth-order valence-electron chi connectivity index (χ4n) is 2.84. The minimum atomic E-state index is -0.931. The second-order valence-electron chi connectivity index (χ2n) is 7.25. The van der Waals surface area contributed by atoms with Crippen LogP contribution in [0, 0.1) is 0 Å². The number of ether oxygens (including phenoxy) is 1. The van der Waals surface area contributed by atoms with E-state index in [4.69, 9.17) is 4.74 Å². The quantitative estimate of drug-likeness (QED) is 0.425. The van der Waals surface area contributed by atoms with Gasteiger partial charge in [0.2, 0.25) is 5.78 Å². The average Bonchev–Trinajstić information content (AvgIpc) is 3.14. The van der Waals surface area contributed by atoms with Crippen molar-refractivity contribution < 1.29 is 19.7 Å². The first kappa shape index (κ1) is 18.6. The van der Waals surface area contributed by atoms with Gasteiger partial charge < -0.3 is 19.9 Å². The molecule has 2 rings (SSSR count). The number of hydrogen-bond donors (Lipinski definition) is 3. The van der Waals surface area contributed by atoms with Gasteiger partial charge in [-0.25, -0.2) is 0 Å². The molecule has 1 aliphatic rings. The minimum Gasteiger partial charge on any atom is -0.388 e. The summed E-state index contributed by atoms with van der Waals surface area (Å²) in [4.78, 5) is 14.8. The molecule has 0 saturated carbocycles. The van der Waals surface area contributed by atoms with Gasteiger partial charge in [-0.15, -0.1) is 0 Å². The number of hydrogen-bond acceptors (Lipinski definition) is 4. The Labute approximate surface area is 143 Å². The number of ketones is 1. The van der Waals surface area contributed by atoms with Crippen molar-refractivity contribution in [3.63, 3.8) is 0 Å². The van der Waals surface area contributed by atoms with Gasteiger partial charge >= 0.3 is 0 Å². The smallest absolute Gasteiger partial charge is 0.202 e. The largest absolute Gasteiger partial charge is 0.388 e. The molecular weight excluding hydrogens is 306 g/mol. The zero-order chi connectivity index (χ0) is 18.0. The molecule has 0 radical (unpaired) electrons. The Morgan fingerprint density at radius 1 is 1.54 bits per heavy atom. The molecule has 1 aliphatic heterocycles. The molecule has 1 fully saturated rings. The molecule has 0 aromatic carbocycles. The van der Waals surface area contributed by atoms with Gasteiger partial charge in [-0.2, -0.15) is 0 Å². The molecule has 1 unspecified atom stereocenters. The molecule has 0 spiro atoms. The molecule has 5 nitrogen and oxygen atoms in total. The van der Waals surface area contributed by atoms with Crippen molar-refractivity contribution in [1.29, 1.82) is 0 Å². The highest BCUT2D eigenvalue weighted by atomic mass is 16.5. The lowest BCUT2D eigenvalue weighted by atomic mass is 9.93. The summed E-state index contributed by atoms with van der Waals surface area (Å²) in [6.07, 6.45) is 6.84. The summed E-state index contributed by atoms with van der Waals surface area (Å²) in [6.45, 7) is 7.08. The van der Waals surface area contributed by atoms with Crippen LogP contribution >= 0.6 is 0 Å². The summed E-state index contributed by atoms with van der Waals surface area (Å²) in [5.41, 5.74) is -0.388. The topological polar surface area (TPSA) is 82.6 Å². The fourth-order valence-corrected chi connectivity index (χ4v) is 2.84. The summed E-state index contributed by atoms with van der Waals surface area (Å²) >= 11 is 0. The lowest BCUT2D eigenvalue weighted by Crippen LogP contribution is -2.42. The van der Waals surface area contributed by atoms with Crippen molar-refractivity contribution in [2.75, 3.05) is 0 Å². The van der Waals surface area contributed by atoms with Gasteiger partial charge in [-0.1, -0.05) is 12.2 Å². The number of allylic oxidation sites excluding steroid dienone is 3. The molecule has 3 N–H and O–H groups in total. The highest BCUT2D eigenvalue weighted by molar-refractivity contribution is 6.03. The van der Waals surface area contributed by atoms with Crippen molar-refractivity contribution >= 4 is 5.78 Å². The summed E-state index contributed by atoms with van der Waals surface area (Å²) in [5, 5.41) is 20.5. The standard InChI is InChI=1S/C19H27NO4/c1-13(12-15(21)14-6-5-11-20-14)7-8-16(22)19(4)10-9-17(24-19)18(2,3)23/h5-8,11-12,16-17,20,22-23H,9-10H2,1-4H3/b8-7+,13-12-/t16?,17-,19-/m1/s1. The van der Waals surface area contributed by atoms with E-state index in [0.717, 1.165) is 5.57 Å². The summed E-state index contributed by atoms with van der Waals surface area (Å²) < 4.78 is 5.90. The van der Waals surface area contributed by atoms with E-state index in [1.807, 2.05) is 13.8 Å². The lowest BCUT2D eigenvalue weighted by Gasteiger charge is -2.32. The molecule has 3 atom stereocenters. The van der Waals surface area contributed by atoms with E-state index in [-0.39, 0.29) is 11.9 Å². The third-order valence-electron chi connectivity index (χ3n) is 4.49. The van der Waals surface area contributed by atoms with Crippen LogP contribution in [0.4, 0.5) is 0 Å². The summed E-state index contributed by atoms with van der Waals surface area (Å²) in [6, 6.07) is 3.49. The number of aliphatic hydroxyl groups is 2. The Morgan fingerprint density at radius 3 is 2.79 bits per heavy atom. The zero-order valence-corrected chi connectivity index (χ0v) is 14.7. The van der Waals surface area contributed by atoms with E-state index in [1.54, 1.807) is 44.3 Å². The molecule has 5 heteroatoms. The van der Waals surface area contributed by atoms with Crippen LogP contribution in [0.2, 0.25) is 0 Å². The monoisotopic (exact) mass is 333 g/mol. The molecule has 1 saturated heterocycles. The number of aliphatic hydroxyl groups excluding tert-OH is 1. The van der Waals surface area contributed by atoms with Crippen LogP contribution < -0.4 is 0 Å². The number of aromatic nitrogens is 1. The van der Waals surface area contributed by atoms with Crippen molar-refractivity contribution in [1.82, 2.24) is 4.98 Å². The molecule has 24 heavy (non-hydrogen) atoms. The van der Waals surface area contributed by atoms with Crippen molar-refractivity contribution in [3.05, 3.63) is 47.8 Å². The maximum Gasteiger partial charge on any atom is 0.202 e. The molecule has 132 valence electrons. The third kappa shape index (κ3) is 4.44. The van der Waals surface area contributed by atoms with Crippen LogP contribution in [-0.2, 0) is 4.74 Å². The van der Waals surface area contributed by atoms with E-state index in [9.17, 15) is 15.0 Å². The Bertz CT molecular complexity index is 624. The van der Waals surface area contributed by atoms with Crippen LogP contribution in [0.5, 0.6) is 0 Å². The number of aromatic amines is 1. The Kier molecular flexibility index (Phi) is 5.48. The summed E-state index contributed by atoms with van der Waals surface area (Å²) in [7, 11) is 0. The van der Waals surface area contributed by atoms with Gasteiger partial charge in [0.1, 0.15) is 6.10 Å². The Morgan fingerprint density at radius 2 is 2.25 bits per heavy atom. The summed E-state index contributed by atoms with van der Waals surface area (Å²) in [5.74, 6) is -0.109. The van der Waals surface area contributed by atoms with E-state index in [0.29, 0.717) is 18.5 Å². The molecule has 0 amide bonds. The second kappa shape index (κ2) is 7.05. The fraction of sp³-hybridized carbons (Fsp3) is 0.526. The van der Waals surface area contributed by atoms with Crippen LogP contribution in [0.25, 0.3) is 0 Å². The highest BCUT2D eigenvalue weighted by Gasteiger charge is 2.45. The molecule has 0 aliphatic carbocycles. The van der Waals surface area contributed by atoms with Crippen LogP contribution in [0.15, 0.2) is 42.1 Å². The zero-order valence-electron chi connectivity index (χ0n) is 14.7. The van der Waals surface area contributed by atoms with Crippen LogP contribution in [0.1, 0.15) is 51.0 Å². The van der Waals surface area contributed by atoms with E-state index in [2.05, 4.69) is 4.98 Å². The molecule has 2 heterocycles. The normalized spacial score (nSPS) is 26.9. The Balaban J connectivity index is 1.99. The van der Waals surface area contributed by atoms with Gasteiger partial charge in [0, 0.05) is 6.20 Å². The van der Waals surface area contributed by atoms with Crippen molar-refractivity contribution in [2.24, 2.45) is 0 Å². The number of rotatable bonds is 6. The maximum atomic E-state index is 12.0. The number of carbonyl (C=O) groups is 1. The van der Waals surface area contributed by atoms with Crippen molar-refractivity contribution in [3.8, 4) is 0 Å². The van der Waals surface area contributed by atoms with Gasteiger partial charge in [-0.05, 0) is 64.3 Å². The first-order valence-corrected chi connectivity index (χ1v) is 8.24. The number of nitrogens with one attached hydrogen (secondary N) is 1. The van der Waals surface area contributed by atoms with E-state index < -0.39 is 17.3 Å². The lowest BCUT2D eigenvalue weighted by molar-refractivity contribution is -0.143. The Hall–Kier alpha value is -1.69. The average molecular weight is 333 g/mol. The van der Waals surface area contributed by atoms with E-state index >= 15 is 0 Å². The molecule has 1 aromatic rings. The second-order valence-corrected chi connectivity index (χ2v) is 7.25. The molecule has 0 bridgehead atoms. The predicted molar refractivity (Wildman–Crippen MR) is 92.8 cm³/mol. The molecular formula is C19H27NO4. The molecule has 1 aromatic heterocycles. The van der Waals surface area contributed by atoms with Gasteiger partial charge in [0.25, 0.3) is 0 Å². The van der Waals surface area contributed by atoms with Gasteiger partial charge in [-0.3, -0.25) is 4.79 Å². The first-order chi connectivity index (χ1) is 11.1. The van der Waals surface area contributed by atoms with Crippen molar-refractivity contribution in [2.45, 2.75) is 63.9 Å². The van der Waals surface area contributed by atoms with Gasteiger partial charge in [0.15, 0.2) is 0 Å². The third-order valence-corrected chi connectivity index (χ3v) is 4.49. The number of carbonyl (C=O) groups excluding carboxylic acids is 1. The number of H-pyrrole nitrogens is 1. The highest BCUT2D eigenvalue weighted by Crippen LogP contribution is 2.37. The minimum absolute atomic E-state index is 0.109. The van der Waals surface area contributed by atoms with Gasteiger partial charge in [0.05, 0.1) is 23.0 Å². The van der Waals surface area contributed by atoms with E-state index in [1.165, 1.54) is 6.08 Å². The van der Waals surface area contributed by atoms with Crippen LogP contribution in [-0.4, -0.2) is 44.4 Å². The first-order valence-electron chi connectivity index (χ1n) is 8.24. The predicted octanol–water partition coefficient (Wildman–Crippen LogP) is 2.77.